The van der Waals surface area contributed by atoms with E-state index in [-0.39, 0.29) is 11.6 Å². The van der Waals surface area contributed by atoms with Crippen LogP contribution in [0.2, 0.25) is 0 Å². The summed E-state index contributed by atoms with van der Waals surface area (Å²) >= 11 is 0. The van der Waals surface area contributed by atoms with E-state index >= 15 is 0 Å². The number of carbonyl (C=O) groups is 1. The fourth-order valence-electron chi connectivity index (χ4n) is 3.40. The molecule has 0 amide bonds. The number of para-hydroxylation sites is 1. The molecule has 0 aliphatic carbocycles. The van der Waals surface area contributed by atoms with Gasteiger partial charge in [-0.15, -0.1) is 5.92 Å². The lowest BCUT2D eigenvalue weighted by Crippen LogP contribution is -2.44. The van der Waals surface area contributed by atoms with Crippen molar-refractivity contribution in [2.24, 2.45) is 7.05 Å². The minimum absolute atomic E-state index is 0.203. The number of ether oxygens (including phenoxy) is 1. The van der Waals surface area contributed by atoms with E-state index in [4.69, 9.17) is 19.6 Å². The lowest BCUT2D eigenvalue weighted by molar-refractivity contribution is -0.192. The molecule has 3 aromatic rings. The van der Waals surface area contributed by atoms with Crippen LogP contribution in [0.3, 0.4) is 0 Å². The van der Waals surface area contributed by atoms with Gasteiger partial charge < -0.3 is 20.1 Å². The monoisotopic (exact) mass is 506 g/mol. The van der Waals surface area contributed by atoms with E-state index in [0.717, 1.165) is 37.7 Å². The Morgan fingerprint density at radius 1 is 1.22 bits per heavy atom. The second-order valence-corrected chi connectivity index (χ2v) is 7.76. The average molecular weight is 506 g/mol. The SMILES string of the molecule is CC#CCn1c(N2CCNCC2)nc2nc(Oc3ccccc3C)n(C)c(=O)c21.O=C(O)C(F)(F)F. The van der Waals surface area contributed by atoms with Crippen molar-refractivity contribution in [3.05, 3.63) is 40.2 Å². The predicted molar refractivity (Wildman–Crippen MR) is 126 cm³/mol. The van der Waals surface area contributed by atoms with Crippen molar-refractivity contribution in [3.8, 4) is 23.6 Å². The second-order valence-electron chi connectivity index (χ2n) is 7.76. The molecule has 192 valence electrons. The number of hydrogen-bond donors (Lipinski definition) is 2. The molecule has 2 aromatic heterocycles. The number of anilines is 1. The van der Waals surface area contributed by atoms with Gasteiger partial charge in [-0.1, -0.05) is 24.1 Å². The molecule has 13 heteroatoms. The maximum atomic E-state index is 13.2. The van der Waals surface area contributed by atoms with Crippen molar-refractivity contribution in [1.82, 2.24) is 24.4 Å². The smallest absolute Gasteiger partial charge is 0.475 e. The highest BCUT2D eigenvalue weighted by molar-refractivity contribution is 5.75. The number of piperazine rings is 1. The highest BCUT2D eigenvalue weighted by Gasteiger charge is 2.38. The highest BCUT2D eigenvalue weighted by Crippen LogP contribution is 2.25. The normalized spacial score (nSPS) is 13.4. The number of carboxylic acid groups (broad SMARTS) is 1. The number of aliphatic carboxylic acids is 1. The summed E-state index contributed by atoms with van der Waals surface area (Å²) in [5, 5.41) is 10.5. The Labute approximate surface area is 204 Å². The van der Waals surface area contributed by atoms with Gasteiger partial charge in [-0.3, -0.25) is 13.9 Å². The van der Waals surface area contributed by atoms with E-state index in [0.29, 0.717) is 23.5 Å². The molecule has 0 spiro atoms. The third kappa shape index (κ3) is 5.95. The number of benzene rings is 1. The van der Waals surface area contributed by atoms with Crippen LogP contribution in [0.1, 0.15) is 12.5 Å². The summed E-state index contributed by atoms with van der Waals surface area (Å²) in [5.41, 5.74) is 1.58. The Kier molecular flexibility index (Phi) is 8.21. The van der Waals surface area contributed by atoms with Gasteiger partial charge in [0.15, 0.2) is 11.2 Å². The molecule has 0 radical (unpaired) electrons. The van der Waals surface area contributed by atoms with Gasteiger partial charge in [-0.2, -0.15) is 23.1 Å². The summed E-state index contributed by atoms with van der Waals surface area (Å²) in [6.45, 7) is 7.50. The molecule has 2 N–H and O–H groups in total. The first-order chi connectivity index (χ1) is 17.0. The van der Waals surface area contributed by atoms with Crippen LogP contribution in [0.4, 0.5) is 19.1 Å². The largest absolute Gasteiger partial charge is 0.490 e. The molecule has 0 unspecified atom stereocenters. The fraction of sp³-hybridized carbons (Fsp3) is 0.391. The molecule has 1 fully saturated rings. The maximum Gasteiger partial charge on any atom is 0.490 e. The summed E-state index contributed by atoms with van der Waals surface area (Å²) in [7, 11) is 1.66. The summed E-state index contributed by atoms with van der Waals surface area (Å²) in [6.07, 6.45) is -5.08. The molecule has 0 saturated carbocycles. The molecule has 1 aliphatic rings. The van der Waals surface area contributed by atoms with Gasteiger partial charge in [0.2, 0.25) is 5.95 Å². The minimum Gasteiger partial charge on any atom is -0.475 e. The molecule has 1 aromatic carbocycles. The summed E-state index contributed by atoms with van der Waals surface area (Å²) in [6, 6.07) is 7.85. The fourth-order valence-corrected chi connectivity index (χ4v) is 3.40. The summed E-state index contributed by atoms with van der Waals surface area (Å²) in [4.78, 5) is 33.5. The molecule has 4 rings (SSSR count). The van der Waals surface area contributed by atoms with Crippen LogP contribution in [0.5, 0.6) is 11.8 Å². The number of nitrogens with zero attached hydrogens (tertiary/aromatic N) is 5. The summed E-state index contributed by atoms with van der Waals surface area (Å²) in [5.74, 6) is 4.58. The maximum absolute atomic E-state index is 13.2. The number of aryl methyl sites for hydroxylation is 1. The van der Waals surface area contributed by atoms with E-state index in [9.17, 15) is 18.0 Å². The molecule has 0 bridgehead atoms. The van der Waals surface area contributed by atoms with Crippen molar-refractivity contribution >= 4 is 23.1 Å². The first-order valence-electron chi connectivity index (χ1n) is 10.9. The number of alkyl halides is 3. The van der Waals surface area contributed by atoms with Gasteiger partial charge in [0.25, 0.3) is 5.56 Å². The van der Waals surface area contributed by atoms with Crippen molar-refractivity contribution in [3.63, 3.8) is 0 Å². The lowest BCUT2D eigenvalue weighted by atomic mass is 10.2. The third-order valence-electron chi connectivity index (χ3n) is 5.28. The van der Waals surface area contributed by atoms with Crippen molar-refractivity contribution in [1.29, 1.82) is 0 Å². The second kappa shape index (κ2) is 11.1. The standard InChI is InChI=1S/C21H24N6O2.C2HF3O2/c1-4-5-12-27-17-18(23-20(27)26-13-10-22-11-14-26)24-21(25(3)19(17)28)29-16-9-7-6-8-15(16)2;3-2(4,5)1(6)7/h6-9,22H,10-14H2,1-3H3;(H,6,7). The first kappa shape index (κ1) is 26.6. The number of imidazole rings is 1. The molecule has 3 heterocycles. The number of hydrogen-bond acceptors (Lipinski definition) is 7. The number of aromatic nitrogens is 4. The molecular formula is C23H25F3N6O4. The molecule has 10 nitrogen and oxygen atoms in total. The van der Waals surface area contributed by atoms with Gasteiger partial charge in [-0.25, -0.2) is 4.79 Å². The van der Waals surface area contributed by atoms with E-state index in [1.54, 1.807) is 14.0 Å². The van der Waals surface area contributed by atoms with Gasteiger partial charge >= 0.3 is 18.2 Å². The number of fused-ring (bicyclic) bond motifs is 1. The molecule has 1 saturated heterocycles. The Morgan fingerprint density at radius 2 is 1.86 bits per heavy atom. The van der Waals surface area contributed by atoms with Crippen molar-refractivity contribution < 1.29 is 27.8 Å². The van der Waals surface area contributed by atoms with Crippen LogP contribution in [-0.2, 0) is 18.4 Å². The van der Waals surface area contributed by atoms with Crippen LogP contribution in [0.15, 0.2) is 29.1 Å². The van der Waals surface area contributed by atoms with Crippen LogP contribution >= 0.6 is 0 Å². The Balaban J connectivity index is 0.000000454. The Hall–Kier alpha value is -4.05. The van der Waals surface area contributed by atoms with E-state index in [2.05, 4.69) is 27.0 Å². The minimum atomic E-state index is -5.08. The van der Waals surface area contributed by atoms with Gasteiger partial charge in [0.1, 0.15) is 5.75 Å². The zero-order chi connectivity index (χ0) is 26.5. The van der Waals surface area contributed by atoms with Gasteiger partial charge in [-0.05, 0) is 25.5 Å². The molecule has 36 heavy (non-hydrogen) atoms. The summed E-state index contributed by atoms with van der Waals surface area (Å²) < 4.78 is 41.0. The quantitative estimate of drug-likeness (QED) is 0.519. The first-order valence-corrected chi connectivity index (χ1v) is 10.9. The van der Waals surface area contributed by atoms with E-state index < -0.39 is 12.1 Å². The van der Waals surface area contributed by atoms with Crippen molar-refractivity contribution in [2.45, 2.75) is 26.6 Å². The predicted octanol–water partition coefficient (Wildman–Crippen LogP) is 2.30. The van der Waals surface area contributed by atoms with Gasteiger partial charge in [0, 0.05) is 33.2 Å². The van der Waals surface area contributed by atoms with E-state index in [1.165, 1.54) is 4.57 Å². The topological polar surface area (TPSA) is 115 Å². The zero-order valence-electron chi connectivity index (χ0n) is 19.9. The van der Waals surface area contributed by atoms with Crippen LogP contribution in [-0.4, -0.2) is 62.5 Å². The van der Waals surface area contributed by atoms with Crippen LogP contribution in [0.25, 0.3) is 11.2 Å². The third-order valence-corrected chi connectivity index (χ3v) is 5.28. The Bertz CT molecular complexity index is 1360. The number of rotatable bonds is 4. The average Bonchev–Trinajstić information content (AvgIpc) is 3.21. The van der Waals surface area contributed by atoms with Gasteiger partial charge in [0.05, 0.1) is 6.54 Å². The number of carboxylic acids is 1. The van der Waals surface area contributed by atoms with Crippen LogP contribution in [0, 0.1) is 18.8 Å². The van der Waals surface area contributed by atoms with Crippen LogP contribution < -0.4 is 20.5 Å². The Morgan fingerprint density at radius 3 is 2.44 bits per heavy atom. The van der Waals surface area contributed by atoms with Crippen molar-refractivity contribution in [2.75, 3.05) is 31.1 Å². The number of nitrogens with one attached hydrogen (secondary N) is 1. The van der Waals surface area contributed by atoms with E-state index in [1.807, 2.05) is 35.8 Å². The molecule has 0 atom stereocenters. The zero-order valence-corrected chi connectivity index (χ0v) is 19.9. The molecule has 1 aliphatic heterocycles. The molecular weight excluding hydrogens is 481 g/mol. The highest BCUT2D eigenvalue weighted by atomic mass is 19.4. The lowest BCUT2D eigenvalue weighted by Gasteiger charge is -2.28. The number of halogens is 3.